The van der Waals surface area contributed by atoms with Gasteiger partial charge in [0.25, 0.3) is 11.6 Å². The zero-order valence-electron chi connectivity index (χ0n) is 13.6. The minimum atomic E-state index is -0.476. The molecule has 24 heavy (non-hydrogen) atoms. The second-order valence-electron chi connectivity index (χ2n) is 6.58. The number of anilines is 1. The van der Waals surface area contributed by atoms with Gasteiger partial charge in [0.1, 0.15) is 0 Å². The Morgan fingerprint density at radius 3 is 2.67 bits per heavy atom. The largest absolute Gasteiger partial charge is 0.396 e. The molecule has 1 saturated heterocycles. The number of carbonyl (C=O) groups is 1. The van der Waals surface area contributed by atoms with Gasteiger partial charge < -0.3 is 15.3 Å². The summed E-state index contributed by atoms with van der Waals surface area (Å²) in [7, 11) is 0. The molecular weight excluding hydrogens is 310 g/mol. The van der Waals surface area contributed by atoms with Gasteiger partial charge in [-0.1, -0.05) is 0 Å². The minimum Gasteiger partial charge on any atom is -0.396 e. The fourth-order valence-electron chi connectivity index (χ4n) is 3.36. The van der Waals surface area contributed by atoms with Gasteiger partial charge in [0.15, 0.2) is 0 Å². The number of nitro groups is 1. The number of non-ortho nitro benzene ring substituents is 1. The molecule has 1 aromatic carbocycles. The Morgan fingerprint density at radius 2 is 2.08 bits per heavy atom. The van der Waals surface area contributed by atoms with Crippen molar-refractivity contribution in [3.8, 4) is 0 Å². The van der Waals surface area contributed by atoms with E-state index >= 15 is 0 Å². The van der Waals surface area contributed by atoms with E-state index < -0.39 is 4.92 Å². The molecule has 130 valence electrons. The third-order valence-electron chi connectivity index (χ3n) is 4.83. The first-order valence-corrected chi connectivity index (χ1v) is 8.55. The molecule has 1 aromatic rings. The van der Waals surface area contributed by atoms with Gasteiger partial charge in [-0.05, 0) is 44.1 Å². The third kappa shape index (κ3) is 3.67. The number of carbonyl (C=O) groups excluding carboxylic acids is 1. The van der Waals surface area contributed by atoms with Crippen molar-refractivity contribution < 1.29 is 14.8 Å². The number of hydrogen-bond acceptors (Lipinski definition) is 5. The Balaban J connectivity index is 1.86. The monoisotopic (exact) mass is 333 g/mol. The summed E-state index contributed by atoms with van der Waals surface area (Å²) in [5, 5.41) is 23.2. The molecule has 0 radical (unpaired) electrons. The molecule has 1 amide bonds. The van der Waals surface area contributed by atoms with Gasteiger partial charge >= 0.3 is 0 Å². The quantitative estimate of drug-likeness (QED) is 0.588. The molecule has 7 nitrogen and oxygen atoms in total. The Kier molecular flexibility index (Phi) is 4.99. The predicted octanol–water partition coefficient (Wildman–Crippen LogP) is 2.09. The van der Waals surface area contributed by atoms with Gasteiger partial charge in [-0.3, -0.25) is 14.9 Å². The molecule has 2 fully saturated rings. The number of nitrogens with one attached hydrogen (secondary N) is 1. The van der Waals surface area contributed by atoms with Crippen LogP contribution in [0.2, 0.25) is 0 Å². The summed E-state index contributed by atoms with van der Waals surface area (Å²) >= 11 is 0. The van der Waals surface area contributed by atoms with Crippen LogP contribution in [0.5, 0.6) is 0 Å². The smallest absolute Gasteiger partial charge is 0.270 e. The maximum absolute atomic E-state index is 12.8. The zero-order chi connectivity index (χ0) is 17.1. The molecule has 1 aliphatic heterocycles. The lowest BCUT2D eigenvalue weighted by atomic mass is 10.1. The molecule has 2 N–H and O–H groups in total. The third-order valence-corrected chi connectivity index (χ3v) is 4.83. The van der Waals surface area contributed by atoms with Gasteiger partial charge in [0.2, 0.25) is 0 Å². The van der Waals surface area contributed by atoms with Crippen molar-refractivity contribution in [3.63, 3.8) is 0 Å². The van der Waals surface area contributed by atoms with E-state index in [-0.39, 0.29) is 24.2 Å². The number of hydrogen-bond donors (Lipinski definition) is 2. The van der Waals surface area contributed by atoms with Crippen LogP contribution in [0.15, 0.2) is 18.2 Å². The molecule has 1 heterocycles. The van der Waals surface area contributed by atoms with Crippen LogP contribution in [0.4, 0.5) is 11.4 Å². The van der Waals surface area contributed by atoms with Crippen molar-refractivity contribution in [2.75, 3.05) is 24.6 Å². The number of aliphatic hydroxyl groups excluding tert-OH is 1. The number of aliphatic hydroxyl groups is 1. The molecular formula is C17H23N3O4. The van der Waals surface area contributed by atoms with E-state index in [1.54, 1.807) is 6.07 Å². The van der Waals surface area contributed by atoms with Crippen LogP contribution in [0, 0.1) is 16.0 Å². The minimum absolute atomic E-state index is 0.0232. The average Bonchev–Trinajstić information content (AvgIpc) is 3.28. The maximum Gasteiger partial charge on any atom is 0.270 e. The maximum atomic E-state index is 12.8. The molecule has 1 atom stereocenters. The number of rotatable bonds is 7. The predicted molar refractivity (Wildman–Crippen MR) is 90.2 cm³/mol. The highest BCUT2D eigenvalue weighted by Crippen LogP contribution is 2.35. The lowest BCUT2D eigenvalue weighted by Crippen LogP contribution is -2.38. The molecule has 0 aromatic heterocycles. The van der Waals surface area contributed by atoms with Gasteiger partial charge in [-0.2, -0.15) is 0 Å². The number of benzene rings is 1. The highest BCUT2D eigenvalue weighted by molar-refractivity contribution is 6.00. The summed E-state index contributed by atoms with van der Waals surface area (Å²) < 4.78 is 0. The Morgan fingerprint density at radius 1 is 1.38 bits per heavy atom. The van der Waals surface area contributed by atoms with E-state index in [4.69, 9.17) is 0 Å². The van der Waals surface area contributed by atoms with E-state index in [0.717, 1.165) is 44.5 Å². The van der Waals surface area contributed by atoms with Crippen LogP contribution < -0.4 is 10.2 Å². The molecule has 0 bridgehead atoms. The van der Waals surface area contributed by atoms with Crippen LogP contribution in [0.1, 0.15) is 42.5 Å². The molecule has 3 rings (SSSR count). The Labute approximate surface area is 140 Å². The van der Waals surface area contributed by atoms with Gasteiger partial charge in [0.05, 0.1) is 16.2 Å². The lowest BCUT2D eigenvalue weighted by molar-refractivity contribution is -0.384. The van der Waals surface area contributed by atoms with Crippen molar-refractivity contribution >= 4 is 17.3 Å². The number of nitrogens with zero attached hydrogens (tertiary/aromatic N) is 2. The van der Waals surface area contributed by atoms with Crippen LogP contribution in [0.3, 0.4) is 0 Å². The fourth-order valence-corrected chi connectivity index (χ4v) is 3.36. The van der Waals surface area contributed by atoms with Crippen molar-refractivity contribution in [2.24, 2.45) is 5.92 Å². The first kappa shape index (κ1) is 16.7. The van der Waals surface area contributed by atoms with Crippen LogP contribution in [-0.2, 0) is 0 Å². The summed E-state index contributed by atoms with van der Waals surface area (Å²) in [5.74, 6) is 0.126. The second-order valence-corrected chi connectivity index (χ2v) is 6.58. The van der Waals surface area contributed by atoms with Crippen molar-refractivity contribution in [2.45, 2.75) is 38.1 Å². The van der Waals surface area contributed by atoms with Gasteiger partial charge in [-0.15, -0.1) is 0 Å². The summed E-state index contributed by atoms with van der Waals surface area (Å²) in [5.41, 5.74) is 1.04. The second kappa shape index (κ2) is 7.17. The molecule has 2 aliphatic rings. The Bertz CT molecular complexity index is 624. The highest BCUT2D eigenvalue weighted by Gasteiger charge is 2.33. The van der Waals surface area contributed by atoms with Crippen molar-refractivity contribution in [1.82, 2.24) is 5.32 Å². The van der Waals surface area contributed by atoms with E-state index in [1.165, 1.54) is 12.1 Å². The zero-order valence-corrected chi connectivity index (χ0v) is 13.6. The van der Waals surface area contributed by atoms with E-state index in [0.29, 0.717) is 17.9 Å². The topological polar surface area (TPSA) is 95.7 Å². The standard InChI is InChI=1S/C17H23N3O4/c21-10-7-15(12-3-4-12)18-17(22)14-11-13(20(23)24)5-6-16(14)19-8-1-2-9-19/h5-6,11-12,15,21H,1-4,7-10H2,(H,18,22). The number of amides is 1. The molecule has 7 heteroatoms. The fraction of sp³-hybridized carbons (Fsp3) is 0.588. The van der Waals surface area contributed by atoms with Crippen LogP contribution in [-0.4, -0.2) is 41.7 Å². The van der Waals surface area contributed by atoms with Crippen LogP contribution >= 0.6 is 0 Å². The summed E-state index contributed by atoms with van der Waals surface area (Å²) in [6, 6.07) is 4.44. The summed E-state index contributed by atoms with van der Waals surface area (Å²) in [6.45, 7) is 1.75. The SMILES string of the molecule is O=C(NC(CCO)C1CC1)c1cc([N+](=O)[O-])ccc1N1CCCC1. The van der Waals surface area contributed by atoms with Crippen molar-refractivity contribution in [3.05, 3.63) is 33.9 Å². The molecule has 0 spiro atoms. The van der Waals surface area contributed by atoms with E-state index in [2.05, 4.69) is 10.2 Å². The van der Waals surface area contributed by atoms with E-state index in [1.807, 2.05) is 0 Å². The lowest BCUT2D eigenvalue weighted by Gasteiger charge is -2.23. The number of nitro benzene ring substituents is 1. The van der Waals surface area contributed by atoms with Crippen molar-refractivity contribution in [1.29, 1.82) is 0 Å². The first-order chi connectivity index (χ1) is 11.6. The molecule has 1 unspecified atom stereocenters. The average molecular weight is 333 g/mol. The molecule has 1 aliphatic carbocycles. The summed E-state index contributed by atoms with van der Waals surface area (Å²) in [4.78, 5) is 25.5. The van der Waals surface area contributed by atoms with Crippen LogP contribution in [0.25, 0.3) is 0 Å². The first-order valence-electron chi connectivity index (χ1n) is 8.55. The highest BCUT2D eigenvalue weighted by atomic mass is 16.6. The normalized spacial score (nSPS) is 18.5. The Hall–Kier alpha value is -2.15. The van der Waals surface area contributed by atoms with Gasteiger partial charge in [-0.25, -0.2) is 0 Å². The van der Waals surface area contributed by atoms with E-state index in [9.17, 15) is 20.0 Å². The summed E-state index contributed by atoms with van der Waals surface area (Å²) in [6.07, 6.45) is 4.75. The molecule has 1 saturated carbocycles. The van der Waals surface area contributed by atoms with Gasteiger partial charge in [0, 0.05) is 37.9 Å².